The zero-order chi connectivity index (χ0) is 21.7. The largest absolute Gasteiger partial charge is 0.332 e. The molecule has 2 aliphatic heterocycles. The smallest absolute Gasteiger partial charge is 0.310 e. The molecule has 1 saturated heterocycles. The maximum Gasteiger partial charge on any atom is 0.332 e. The van der Waals surface area contributed by atoms with Gasteiger partial charge in [-0.1, -0.05) is 12.5 Å². The first kappa shape index (κ1) is 20.1. The number of aryl methyl sites for hydroxylation is 3. The number of benzene rings is 1. The summed E-state index contributed by atoms with van der Waals surface area (Å²) in [7, 11) is 1.71. The minimum atomic E-state index is -0.288. The molecule has 5 rings (SSSR count). The van der Waals surface area contributed by atoms with Gasteiger partial charge < -0.3 is 14.4 Å². The fourth-order valence-electron chi connectivity index (χ4n) is 4.84. The van der Waals surface area contributed by atoms with Crippen LogP contribution in [0.15, 0.2) is 27.8 Å². The molecule has 4 heterocycles. The Hall–Kier alpha value is -2.87. The fraction of sp³-hybridized carbons (Fsp3) is 0.522. The third kappa shape index (κ3) is 3.29. The molecule has 164 valence electrons. The summed E-state index contributed by atoms with van der Waals surface area (Å²) in [5.74, 6) is 0.735. The van der Waals surface area contributed by atoms with Gasteiger partial charge >= 0.3 is 5.69 Å². The van der Waals surface area contributed by atoms with Crippen molar-refractivity contribution in [3.63, 3.8) is 0 Å². The molecule has 0 bridgehead atoms. The Morgan fingerprint density at radius 3 is 2.45 bits per heavy atom. The van der Waals surface area contributed by atoms with Crippen LogP contribution in [0.3, 0.4) is 0 Å². The Labute approximate surface area is 181 Å². The lowest BCUT2D eigenvalue weighted by Gasteiger charge is -2.26. The van der Waals surface area contributed by atoms with E-state index in [0.29, 0.717) is 24.3 Å². The van der Waals surface area contributed by atoms with E-state index in [1.165, 1.54) is 39.5 Å². The number of fused-ring (bicyclic) bond motifs is 3. The van der Waals surface area contributed by atoms with Gasteiger partial charge in [-0.3, -0.25) is 13.9 Å². The van der Waals surface area contributed by atoms with Gasteiger partial charge in [-0.15, -0.1) is 0 Å². The number of imidazole rings is 1. The Morgan fingerprint density at radius 2 is 1.71 bits per heavy atom. The maximum atomic E-state index is 13.4. The van der Waals surface area contributed by atoms with Crippen molar-refractivity contribution in [2.75, 3.05) is 31.1 Å². The normalized spacial score (nSPS) is 16.9. The van der Waals surface area contributed by atoms with Crippen LogP contribution in [0, 0.1) is 13.8 Å². The molecule has 0 spiro atoms. The summed E-state index contributed by atoms with van der Waals surface area (Å²) in [6.07, 6.45) is 3.65. The molecule has 0 aliphatic carbocycles. The Balaban J connectivity index is 1.55. The second-order valence-corrected chi connectivity index (χ2v) is 8.86. The molecule has 2 aromatic heterocycles. The lowest BCUT2D eigenvalue weighted by atomic mass is 10.1. The minimum absolute atomic E-state index is 0.226. The predicted octanol–water partition coefficient (Wildman–Crippen LogP) is 2.15. The summed E-state index contributed by atoms with van der Waals surface area (Å²) < 4.78 is 4.89. The van der Waals surface area contributed by atoms with Crippen LogP contribution < -0.4 is 16.1 Å². The van der Waals surface area contributed by atoms with Gasteiger partial charge in [0, 0.05) is 38.9 Å². The van der Waals surface area contributed by atoms with Crippen molar-refractivity contribution in [2.45, 2.75) is 46.2 Å². The van der Waals surface area contributed by atoms with Crippen LogP contribution in [0.25, 0.3) is 11.2 Å². The van der Waals surface area contributed by atoms with Gasteiger partial charge in [0.05, 0.1) is 0 Å². The molecule has 0 N–H and O–H groups in total. The molecule has 31 heavy (non-hydrogen) atoms. The highest BCUT2D eigenvalue weighted by atomic mass is 16.2. The van der Waals surface area contributed by atoms with Crippen LogP contribution in [0.2, 0.25) is 0 Å². The summed E-state index contributed by atoms with van der Waals surface area (Å²) in [5, 5.41) is 0. The molecule has 3 aromatic rings. The number of rotatable bonds is 4. The van der Waals surface area contributed by atoms with Crippen molar-refractivity contribution in [3.8, 4) is 0 Å². The van der Waals surface area contributed by atoms with E-state index in [0.717, 1.165) is 37.8 Å². The van der Waals surface area contributed by atoms with Crippen LogP contribution >= 0.6 is 0 Å². The van der Waals surface area contributed by atoms with E-state index in [1.807, 2.05) is 4.57 Å². The second-order valence-electron chi connectivity index (χ2n) is 8.86. The predicted molar refractivity (Wildman–Crippen MR) is 122 cm³/mol. The van der Waals surface area contributed by atoms with Gasteiger partial charge in [-0.25, -0.2) is 4.79 Å². The molecule has 8 heteroatoms. The molecule has 8 nitrogen and oxygen atoms in total. The van der Waals surface area contributed by atoms with Crippen molar-refractivity contribution >= 4 is 22.8 Å². The standard InChI is InChI=1S/C23H30N6O2/c1-16-7-8-18(15-17(16)2)27-13-14-28-19-20(24-22(27)28)25(3)23(31)29(21(19)30)12-11-26-9-5-4-6-10-26/h7-8,15H,4-6,9-14H2,1-3H3. The molecule has 0 unspecified atom stereocenters. The van der Waals surface area contributed by atoms with E-state index in [-0.39, 0.29) is 11.2 Å². The summed E-state index contributed by atoms with van der Waals surface area (Å²) in [4.78, 5) is 35.6. The lowest BCUT2D eigenvalue weighted by molar-refractivity contribution is 0.218. The average Bonchev–Trinajstić information content (AvgIpc) is 3.34. The molecule has 0 amide bonds. The third-order valence-electron chi connectivity index (χ3n) is 6.89. The average molecular weight is 423 g/mol. The van der Waals surface area contributed by atoms with Crippen molar-refractivity contribution in [1.29, 1.82) is 0 Å². The highest BCUT2D eigenvalue weighted by Gasteiger charge is 2.29. The van der Waals surface area contributed by atoms with Crippen LogP contribution in [-0.4, -0.2) is 49.8 Å². The SMILES string of the molecule is Cc1ccc(N2CCn3c2nc2c3c(=O)n(CCN3CCCCC3)c(=O)n2C)cc1C. The van der Waals surface area contributed by atoms with Gasteiger partial charge in [-0.2, -0.15) is 4.98 Å². The Bertz CT molecular complexity index is 1260. The molecular formula is C23H30N6O2. The van der Waals surface area contributed by atoms with E-state index in [4.69, 9.17) is 4.98 Å². The third-order valence-corrected chi connectivity index (χ3v) is 6.89. The highest BCUT2D eigenvalue weighted by Crippen LogP contribution is 2.32. The van der Waals surface area contributed by atoms with Gasteiger partial charge in [0.25, 0.3) is 5.56 Å². The number of piperidine rings is 1. The molecule has 0 saturated carbocycles. The lowest BCUT2D eigenvalue weighted by Crippen LogP contribution is -2.43. The first-order chi connectivity index (χ1) is 15.0. The van der Waals surface area contributed by atoms with E-state index >= 15 is 0 Å². The topological polar surface area (TPSA) is 68.3 Å². The van der Waals surface area contributed by atoms with Crippen LogP contribution in [-0.2, 0) is 20.1 Å². The van der Waals surface area contributed by atoms with Crippen molar-refractivity contribution in [2.24, 2.45) is 7.05 Å². The number of hydrogen-bond donors (Lipinski definition) is 0. The second kappa shape index (κ2) is 7.67. The van der Waals surface area contributed by atoms with Crippen molar-refractivity contribution in [3.05, 3.63) is 50.2 Å². The first-order valence-corrected chi connectivity index (χ1v) is 11.2. The van der Waals surface area contributed by atoms with Crippen LogP contribution in [0.5, 0.6) is 0 Å². The highest BCUT2D eigenvalue weighted by molar-refractivity contribution is 5.77. The minimum Gasteiger partial charge on any atom is -0.310 e. The Morgan fingerprint density at radius 1 is 0.935 bits per heavy atom. The van der Waals surface area contributed by atoms with Gasteiger partial charge in [-0.05, 0) is 63.0 Å². The molecule has 1 fully saturated rings. The Kier molecular flexibility index (Phi) is 4.97. The molecule has 0 radical (unpaired) electrons. The summed E-state index contributed by atoms with van der Waals surface area (Å²) in [6.45, 7) is 8.88. The van der Waals surface area contributed by atoms with E-state index < -0.39 is 0 Å². The molecular weight excluding hydrogens is 392 g/mol. The number of anilines is 2. The molecule has 1 aromatic carbocycles. The van der Waals surface area contributed by atoms with Gasteiger partial charge in [0.2, 0.25) is 5.95 Å². The van der Waals surface area contributed by atoms with E-state index in [1.54, 1.807) is 7.05 Å². The zero-order valence-corrected chi connectivity index (χ0v) is 18.6. The van der Waals surface area contributed by atoms with Gasteiger partial charge in [0.15, 0.2) is 11.2 Å². The number of hydrogen-bond acceptors (Lipinski definition) is 5. The van der Waals surface area contributed by atoms with Crippen molar-refractivity contribution in [1.82, 2.24) is 23.6 Å². The summed E-state index contributed by atoms with van der Waals surface area (Å²) in [6, 6.07) is 6.35. The maximum absolute atomic E-state index is 13.4. The molecule has 0 atom stereocenters. The van der Waals surface area contributed by atoms with Crippen molar-refractivity contribution < 1.29 is 0 Å². The zero-order valence-electron chi connectivity index (χ0n) is 18.6. The van der Waals surface area contributed by atoms with E-state index in [2.05, 4.69) is 41.8 Å². The fourth-order valence-corrected chi connectivity index (χ4v) is 4.84. The van der Waals surface area contributed by atoms with E-state index in [9.17, 15) is 9.59 Å². The first-order valence-electron chi connectivity index (χ1n) is 11.2. The van der Waals surface area contributed by atoms with Crippen LogP contribution in [0.4, 0.5) is 11.6 Å². The molecule has 2 aliphatic rings. The summed E-state index contributed by atoms with van der Waals surface area (Å²) in [5.41, 5.74) is 4.01. The number of aromatic nitrogens is 4. The summed E-state index contributed by atoms with van der Waals surface area (Å²) >= 11 is 0. The number of likely N-dealkylation sites (tertiary alicyclic amines) is 1. The quantitative estimate of drug-likeness (QED) is 0.645. The monoisotopic (exact) mass is 422 g/mol. The van der Waals surface area contributed by atoms with Crippen LogP contribution in [0.1, 0.15) is 30.4 Å². The number of nitrogens with zero attached hydrogens (tertiary/aromatic N) is 6. The van der Waals surface area contributed by atoms with Gasteiger partial charge in [0.1, 0.15) is 0 Å².